The Morgan fingerprint density at radius 1 is 1.35 bits per heavy atom. The number of carbonyl (C=O) groups excluding carboxylic acids is 2. The molecular formula is C17H15N3O2S. The first-order valence-electron chi connectivity index (χ1n) is 7.15. The van der Waals surface area contributed by atoms with E-state index >= 15 is 0 Å². The Kier molecular flexibility index (Phi) is 4.52. The Morgan fingerprint density at radius 2 is 2.22 bits per heavy atom. The normalized spacial score (nSPS) is 16.1. The number of nitrogens with zero attached hydrogens (tertiary/aromatic N) is 3. The van der Waals surface area contributed by atoms with Crippen LogP contribution in [0.4, 0.5) is 5.69 Å². The van der Waals surface area contributed by atoms with Gasteiger partial charge in [-0.1, -0.05) is 30.0 Å². The van der Waals surface area contributed by atoms with Crippen LogP contribution >= 0.6 is 11.8 Å². The lowest BCUT2D eigenvalue weighted by molar-refractivity contribution is -0.124. The Bertz CT molecular complexity index is 774. The molecule has 2 aromatic rings. The van der Waals surface area contributed by atoms with Crippen LogP contribution < -0.4 is 0 Å². The third kappa shape index (κ3) is 3.65. The van der Waals surface area contributed by atoms with Gasteiger partial charge in [0.15, 0.2) is 11.0 Å². The number of thioether (sulfide) groups is 1. The zero-order chi connectivity index (χ0) is 16.2. The van der Waals surface area contributed by atoms with Crippen LogP contribution in [0.2, 0.25) is 0 Å². The van der Waals surface area contributed by atoms with E-state index in [0.29, 0.717) is 28.7 Å². The van der Waals surface area contributed by atoms with Crippen LogP contribution in [0.1, 0.15) is 22.8 Å². The fourth-order valence-electron chi connectivity index (χ4n) is 2.22. The van der Waals surface area contributed by atoms with Gasteiger partial charge in [0.25, 0.3) is 0 Å². The van der Waals surface area contributed by atoms with Crippen molar-refractivity contribution in [1.29, 1.82) is 0 Å². The molecule has 0 N–H and O–H groups in total. The monoisotopic (exact) mass is 325 g/mol. The van der Waals surface area contributed by atoms with Gasteiger partial charge in [-0.05, 0) is 30.7 Å². The van der Waals surface area contributed by atoms with Crippen molar-refractivity contribution in [3.8, 4) is 0 Å². The van der Waals surface area contributed by atoms with Crippen molar-refractivity contribution < 1.29 is 9.59 Å². The molecule has 116 valence electrons. The number of rotatable bonds is 4. The molecule has 1 aromatic heterocycles. The molecule has 6 heteroatoms. The fourth-order valence-corrected chi connectivity index (χ4v) is 3.12. The van der Waals surface area contributed by atoms with Crippen molar-refractivity contribution in [2.24, 2.45) is 4.99 Å². The molecule has 0 spiro atoms. The quantitative estimate of drug-likeness (QED) is 0.811. The van der Waals surface area contributed by atoms with Gasteiger partial charge in [-0.2, -0.15) is 0 Å². The van der Waals surface area contributed by atoms with Gasteiger partial charge in [0.05, 0.1) is 18.0 Å². The summed E-state index contributed by atoms with van der Waals surface area (Å²) in [5, 5.41) is 0.652. The Labute approximate surface area is 138 Å². The number of amides is 1. The molecule has 1 aliphatic heterocycles. The molecule has 1 saturated heterocycles. The summed E-state index contributed by atoms with van der Waals surface area (Å²) in [5.41, 5.74) is 2.24. The molecule has 0 atom stereocenters. The van der Waals surface area contributed by atoms with Crippen molar-refractivity contribution in [3.05, 3.63) is 59.9 Å². The van der Waals surface area contributed by atoms with Gasteiger partial charge in [0.2, 0.25) is 5.91 Å². The number of pyridine rings is 1. The summed E-state index contributed by atoms with van der Waals surface area (Å²) >= 11 is 1.41. The van der Waals surface area contributed by atoms with E-state index in [0.717, 1.165) is 5.56 Å². The zero-order valence-corrected chi connectivity index (χ0v) is 13.4. The van der Waals surface area contributed by atoms with Crippen LogP contribution in [0, 0.1) is 0 Å². The fraction of sp³-hybridized carbons (Fsp3) is 0.176. The molecule has 2 heterocycles. The molecular weight excluding hydrogens is 310 g/mol. The van der Waals surface area contributed by atoms with Crippen LogP contribution in [0.5, 0.6) is 0 Å². The van der Waals surface area contributed by atoms with Crippen molar-refractivity contribution >= 4 is 34.3 Å². The van der Waals surface area contributed by atoms with Crippen molar-refractivity contribution in [1.82, 2.24) is 9.88 Å². The standard InChI is InChI=1S/C17H15N3O2S/c1-12(21)14-5-2-6-15(8-14)19-17-20(16(22)11-23-17)10-13-4-3-7-18-9-13/h2-9H,10-11H2,1H3/b19-17+. The first-order chi connectivity index (χ1) is 11.1. The van der Waals surface area contributed by atoms with Gasteiger partial charge in [0, 0.05) is 18.0 Å². The van der Waals surface area contributed by atoms with E-state index in [1.165, 1.54) is 18.7 Å². The second-order valence-electron chi connectivity index (χ2n) is 5.13. The third-order valence-electron chi connectivity index (χ3n) is 3.40. The predicted molar refractivity (Wildman–Crippen MR) is 90.8 cm³/mol. The van der Waals surface area contributed by atoms with E-state index in [1.807, 2.05) is 18.2 Å². The van der Waals surface area contributed by atoms with E-state index in [4.69, 9.17) is 0 Å². The second kappa shape index (κ2) is 6.75. The first-order valence-corrected chi connectivity index (χ1v) is 8.14. The lowest BCUT2D eigenvalue weighted by Crippen LogP contribution is -2.28. The molecule has 1 aliphatic rings. The number of ketones is 1. The minimum atomic E-state index is -0.00517. The SMILES string of the molecule is CC(=O)c1cccc(/N=C2/SCC(=O)N2Cc2cccnc2)c1. The highest BCUT2D eigenvalue weighted by Gasteiger charge is 2.28. The molecule has 3 rings (SSSR count). The van der Waals surface area contributed by atoms with Crippen LogP contribution in [-0.2, 0) is 11.3 Å². The van der Waals surface area contributed by atoms with Crippen molar-refractivity contribution in [2.75, 3.05) is 5.75 Å². The minimum Gasteiger partial charge on any atom is -0.295 e. The molecule has 0 bridgehead atoms. The molecule has 0 saturated carbocycles. The van der Waals surface area contributed by atoms with Gasteiger partial charge in [0.1, 0.15) is 0 Å². The average Bonchev–Trinajstić information content (AvgIpc) is 2.89. The lowest BCUT2D eigenvalue weighted by atomic mass is 10.1. The molecule has 1 aromatic carbocycles. The van der Waals surface area contributed by atoms with Crippen LogP contribution in [-0.4, -0.2) is 32.5 Å². The topological polar surface area (TPSA) is 62.6 Å². The highest BCUT2D eigenvalue weighted by atomic mass is 32.2. The molecule has 0 radical (unpaired) electrons. The average molecular weight is 325 g/mol. The maximum atomic E-state index is 12.1. The molecule has 5 nitrogen and oxygen atoms in total. The maximum Gasteiger partial charge on any atom is 0.239 e. The molecule has 0 unspecified atom stereocenters. The van der Waals surface area contributed by atoms with Crippen molar-refractivity contribution in [3.63, 3.8) is 0 Å². The lowest BCUT2D eigenvalue weighted by Gasteiger charge is -2.15. The second-order valence-corrected chi connectivity index (χ2v) is 6.07. The van der Waals surface area contributed by atoms with Gasteiger partial charge >= 0.3 is 0 Å². The van der Waals surface area contributed by atoms with Crippen LogP contribution in [0.25, 0.3) is 0 Å². The van der Waals surface area contributed by atoms with E-state index in [1.54, 1.807) is 35.5 Å². The summed E-state index contributed by atoms with van der Waals surface area (Å²) < 4.78 is 0. The summed E-state index contributed by atoms with van der Waals surface area (Å²) in [4.78, 5) is 33.8. The van der Waals surface area contributed by atoms with Crippen LogP contribution in [0.3, 0.4) is 0 Å². The van der Waals surface area contributed by atoms with Gasteiger partial charge in [-0.15, -0.1) is 0 Å². The summed E-state index contributed by atoms with van der Waals surface area (Å²) in [6.45, 7) is 1.97. The predicted octanol–water partition coefficient (Wildman–Crippen LogP) is 3.05. The van der Waals surface area contributed by atoms with Crippen LogP contribution in [0.15, 0.2) is 53.8 Å². The number of aliphatic imine (C=N–C) groups is 1. The number of benzene rings is 1. The molecule has 1 amide bonds. The summed E-state index contributed by atoms with van der Waals surface area (Å²) in [5.74, 6) is 0.403. The van der Waals surface area contributed by atoms with E-state index < -0.39 is 0 Å². The highest BCUT2D eigenvalue weighted by Crippen LogP contribution is 2.25. The maximum absolute atomic E-state index is 12.1. The number of amidine groups is 1. The zero-order valence-electron chi connectivity index (χ0n) is 12.6. The molecule has 23 heavy (non-hydrogen) atoms. The number of aromatic nitrogens is 1. The largest absolute Gasteiger partial charge is 0.295 e. The molecule has 1 fully saturated rings. The summed E-state index contributed by atoms with van der Waals surface area (Å²) in [7, 11) is 0. The van der Waals surface area contributed by atoms with E-state index in [-0.39, 0.29) is 11.7 Å². The first kappa shape index (κ1) is 15.4. The van der Waals surface area contributed by atoms with Gasteiger partial charge in [-0.3, -0.25) is 19.5 Å². The van der Waals surface area contributed by atoms with Gasteiger partial charge in [-0.25, -0.2) is 4.99 Å². The third-order valence-corrected chi connectivity index (χ3v) is 4.36. The number of hydrogen-bond acceptors (Lipinski definition) is 5. The summed E-state index contributed by atoms with van der Waals surface area (Å²) in [6.07, 6.45) is 3.44. The van der Waals surface area contributed by atoms with E-state index in [9.17, 15) is 9.59 Å². The number of Topliss-reactive ketones (excluding diaryl/α,β-unsaturated/α-hetero) is 1. The number of hydrogen-bond donors (Lipinski definition) is 0. The summed E-state index contributed by atoms with van der Waals surface area (Å²) in [6, 6.07) is 10.9. The Balaban J connectivity index is 1.86. The number of carbonyl (C=O) groups is 2. The highest BCUT2D eigenvalue weighted by molar-refractivity contribution is 8.15. The van der Waals surface area contributed by atoms with Crippen molar-refractivity contribution in [2.45, 2.75) is 13.5 Å². The molecule has 0 aliphatic carbocycles. The van der Waals surface area contributed by atoms with E-state index in [2.05, 4.69) is 9.98 Å². The smallest absolute Gasteiger partial charge is 0.239 e. The Morgan fingerprint density at radius 3 is 2.96 bits per heavy atom. The Hall–Kier alpha value is -2.47. The van der Waals surface area contributed by atoms with Gasteiger partial charge < -0.3 is 0 Å². The minimum absolute atomic E-state index is 0.00517.